The Hall–Kier alpha value is -1.87. The van der Waals surface area contributed by atoms with Gasteiger partial charge in [-0.05, 0) is 76.8 Å². The Morgan fingerprint density at radius 1 is 1.25 bits per heavy atom. The summed E-state index contributed by atoms with van der Waals surface area (Å²) in [5.74, 6) is -0.684. The van der Waals surface area contributed by atoms with Gasteiger partial charge in [0, 0.05) is 33.5 Å². The molecule has 2 aromatic carbocycles. The average molecular weight is 453 g/mol. The zero-order valence-corrected chi connectivity index (χ0v) is 15.6. The lowest BCUT2D eigenvalue weighted by Crippen LogP contribution is -2.12. The highest BCUT2D eigenvalue weighted by Gasteiger charge is 2.13. The highest BCUT2D eigenvalue weighted by Crippen LogP contribution is 2.33. The maximum atomic E-state index is 13.6. The van der Waals surface area contributed by atoms with Gasteiger partial charge >= 0.3 is 0 Å². The van der Waals surface area contributed by atoms with Crippen LogP contribution in [0.25, 0.3) is 0 Å². The van der Waals surface area contributed by atoms with E-state index in [0.717, 1.165) is 13.6 Å². The quantitative estimate of drug-likeness (QED) is 0.589. The maximum Gasteiger partial charge on any atom is 0.255 e. The molecule has 0 aliphatic rings. The van der Waals surface area contributed by atoms with Crippen molar-refractivity contribution in [3.63, 3.8) is 0 Å². The second-order valence-electron chi connectivity index (χ2n) is 5.02. The molecule has 24 heavy (non-hydrogen) atoms. The molecule has 0 atom stereocenters. The minimum Gasteiger partial charge on any atom is -0.329 e. The minimum absolute atomic E-state index is 0.279. The second kappa shape index (κ2) is 7.35. The van der Waals surface area contributed by atoms with Crippen molar-refractivity contribution in [3.05, 3.63) is 69.8 Å². The molecule has 1 aromatic heterocycles. The Labute approximate surface area is 156 Å². The Kier molecular flexibility index (Phi) is 5.20. The Balaban J connectivity index is 1.86. The number of carbonyl (C=O) groups excluding carboxylic acids is 1. The SMILES string of the molecule is Cn1ccnc1Sc1ccc(F)cc1NC(=O)c1ccc(I)cc1. The number of carbonyl (C=O) groups is 1. The number of imidazole rings is 1. The van der Waals surface area contributed by atoms with Gasteiger partial charge < -0.3 is 9.88 Å². The van der Waals surface area contributed by atoms with Gasteiger partial charge in [0.1, 0.15) is 5.82 Å². The van der Waals surface area contributed by atoms with Crippen LogP contribution in [0, 0.1) is 9.39 Å². The predicted octanol–water partition coefficient (Wildman–Crippen LogP) is 4.57. The summed E-state index contributed by atoms with van der Waals surface area (Å²) in [5.41, 5.74) is 0.944. The van der Waals surface area contributed by atoms with Gasteiger partial charge in [-0.2, -0.15) is 0 Å². The molecule has 3 aromatic rings. The van der Waals surface area contributed by atoms with E-state index in [2.05, 4.69) is 32.9 Å². The average Bonchev–Trinajstić information content (AvgIpc) is 2.95. The van der Waals surface area contributed by atoms with E-state index in [4.69, 9.17) is 0 Å². The minimum atomic E-state index is -0.405. The standard InChI is InChI=1S/C17H13FIN3OS/c1-22-9-8-20-17(22)24-15-7-4-12(18)10-14(15)21-16(23)11-2-5-13(19)6-3-11/h2-10H,1H3,(H,21,23). The largest absolute Gasteiger partial charge is 0.329 e. The van der Waals surface area contributed by atoms with Crippen LogP contribution >= 0.6 is 34.4 Å². The number of rotatable bonds is 4. The first kappa shape index (κ1) is 17.0. The lowest BCUT2D eigenvalue weighted by Gasteiger charge is -2.11. The molecule has 1 amide bonds. The summed E-state index contributed by atoms with van der Waals surface area (Å²) in [6.45, 7) is 0. The van der Waals surface area contributed by atoms with Gasteiger partial charge in [0.15, 0.2) is 5.16 Å². The normalized spacial score (nSPS) is 10.6. The summed E-state index contributed by atoms with van der Waals surface area (Å²) < 4.78 is 16.5. The molecule has 122 valence electrons. The first-order valence-corrected chi connectivity index (χ1v) is 8.94. The lowest BCUT2D eigenvalue weighted by atomic mass is 10.2. The van der Waals surface area contributed by atoms with E-state index in [0.29, 0.717) is 11.3 Å². The second-order valence-corrected chi connectivity index (χ2v) is 7.28. The lowest BCUT2D eigenvalue weighted by molar-refractivity contribution is 0.102. The van der Waals surface area contributed by atoms with Gasteiger partial charge in [0.25, 0.3) is 5.91 Å². The third kappa shape index (κ3) is 3.96. The number of anilines is 1. The van der Waals surface area contributed by atoms with Crippen molar-refractivity contribution in [2.75, 3.05) is 5.32 Å². The van der Waals surface area contributed by atoms with Crippen molar-refractivity contribution in [1.82, 2.24) is 9.55 Å². The molecule has 1 N–H and O–H groups in total. The van der Waals surface area contributed by atoms with Crippen LogP contribution in [0.1, 0.15) is 10.4 Å². The molecule has 0 fully saturated rings. The van der Waals surface area contributed by atoms with Crippen molar-refractivity contribution in [3.8, 4) is 0 Å². The van der Waals surface area contributed by atoms with Gasteiger partial charge in [-0.3, -0.25) is 4.79 Å². The van der Waals surface area contributed by atoms with E-state index in [9.17, 15) is 9.18 Å². The molecule has 0 radical (unpaired) electrons. The van der Waals surface area contributed by atoms with Crippen molar-refractivity contribution < 1.29 is 9.18 Å². The van der Waals surface area contributed by atoms with E-state index in [1.165, 1.54) is 23.9 Å². The van der Waals surface area contributed by atoms with Crippen LogP contribution in [0.5, 0.6) is 0 Å². The molecule has 0 unspecified atom stereocenters. The number of benzene rings is 2. The predicted molar refractivity (Wildman–Crippen MR) is 101 cm³/mol. The van der Waals surface area contributed by atoms with Crippen LogP contribution in [-0.2, 0) is 7.05 Å². The molecule has 0 saturated carbocycles. The molecule has 3 rings (SSSR count). The third-order valence-electron chi connectivity index (χ3n) is 3.27. The molecule has 7 heteroatoms. The fourth-order valence-electron chi connectivity index (χ4n) is 2.03. The molecule has 0 spiro atoms. The first-order valence-electron chi connectivity index (χ1n) is 7.04. The molecule has 0 aliphatic carbocycles. The van der Waals surface area contributed by atoms with Gasteiger partial charge in [-0.25, -0.2) is 9.37 Å². The number of hydrogen-bond donors (Lipinski definition) is 1. The van der Waals surface area contributed by atoms with Crippen LogP contribution in [0.4, 0.5) is 10.1 Å². The zero-order valence-electron chi connectivity index (χ0n) is 12.7. The van der Waals surface area contributed by atoms with Gasteiger partial charge in [-0.15, -0.1) is 0 Å². The summed E-state index contributed by atoms with van der Waals surface area (Å²) in [6, 6.07) is 11.5. The van der Waals surface area contributed by atoms with Crippen LogP contribution in [-0.4, -0.2) is 15.5 Å². The van der Waals surface area contributed by atoms with Gasteiger partial charge in [0.05, 0.1) is 5.69 Å². The summed E-state index contributed by atoms with van der Waals surface area (Å²) in [4.78, 5) is 17.4. The molecule has 1 heterocycles. The topological polar surface area (TPSA) is 46.9 Å². The summed E-state index contributed by atoms with van der Waals surface area (Å²) in [7, 11) is 1.88. The molecule has 0 bridgehead atoms. The Bertz CT molecular complexity index is 880. The number of aromatic nitrogens is 2. The van der Waals surface area contributed by atoms with Crippen LogP contribution in [0.15, 0.2) is 64.9 Å². The Morgan fingerprint density at radius 3 is 2.67 bits per heavy atom. The monoisotopic (exact) mass is 453 g/mol. The van der Waals surface area contributed by atoms with Crippen molar-refractivity contribution >= 4 is 45.9 Å². The number of aryl methyl sites for hydroxylation is 1. The smallest absolute Gasteiger partial charge is 0.255 e. The van der Waals surface area contributed by atoms with Crippen molar-refractivity contribution in [1.29, 1.82) is 0 Å². The van der Waals surface area contributed by atoms with Gasteiger partial charge in [0.2, 0.25) is 0 Å². The number of hydrogen-bond acceptors (Lipinski definition) is 3. The maximum absolute atomic E-state index is 13.6. The number of nitrogens with zero attached hydrogens (tertiary/aromatic N) is 2. The third-order valence-corrected chi connectivity index (χ3v) is 5.15. The highest BCUT2D eigenvalue weighted by atomic mass is 127. The van der Waals surface area contributed by atoms with Crippen molar-refractivity contribution in [2.24, 2.45) is 7.05 Å². The molecular formula is C17H13FIN3OS. The first-order chi connectivity index (χ1) is 11.5. The Morgan fingerprint density at radius 2 is 2.00 bits per heavy atom. The number of halogens is 2. The fraction of sp³-hybridized carbons (Fsp3) is 0.0588. The van der Waals surface area contributed by atoms with Gasteiger partial charge in [-0.1, -0.05) is 0 Å². The summed E-state index contributed by atoms with van der Waals surface area (Å²) in [6.07, 6.45) is 3.52. The number of nitrogens with one attached hydrogen (secondary N) is 1. The molecule has 4 nitrogen and oxygen atoms in total. The van der Waals surface area contributed by atoms with Crippen molar-refractivity contribution in [2.45, 2.75) is 10.1 Å². The zero-order chi connectivity index (χ0) is 17.1. The van der Waals surface area contributed by atoms with E-state index in [1.54, 1.807) is 24.4 Å². The highest BCUT2D eigenvalue weighted by molar-refractivity contribution is 14.1. The molecular weight excluding hydrogens is 440 g/mol. The molecule has 0 saturated heterocycles. The number of amides is 1. The van der Waals surface area contributed by atoms with Crippen LogP contribution < -0.4 is 5.32 Å². The van der Waals surface area contributed by atoms with E-state index in [-0.39, 0.29) is 5.91 Å². The van der Waals surface area contributed by atoms with E-state index in [1.807, 2.05) is 29.9 Å². The van der Waals surface area contributed by atoms with Crippen LogP contribution in [0.3, 0.4) is 0 Å². The van der Waals surface area contributed by atoms with E-state index >= 15 is 0 Å². The fourth-order valence-corrected chi connectivity index (χ4v) is 3.26. The summed E-state index contributed by atoms with van der Waals surface area (Å²) >= 11 is 3.54. The summed E-state index contributed by atoms with van der Waals surface area (Å²) in [5, 5.41) is 3.54. The molecule has 0 aliphatic heterocycles. The van der Waals surface area contributed by atoms with Crippen LogP contribution in [0.2, 0.25) is 0 Å². The van der Waals surface area contributed by atoms with E-state index < -0.39 is 5.82 Å².